The van der Waals surface area contributed by atoms with E-state index >= 15 is 0 Å². The number of hydrogen-bond donors (Lipinski definition) is 3. The molecule has 0 fully saturated rings. The van der Waals surface area contributed by atoms with Gasteiger partial charge in [0.15, 0.2) is 5.96 Å². The first-order valence-corrected chi connectivity index (χ1v) is 7.97. The molecular weight excluding hydrogens is 304 g/mol. The second-order valence-electron chi connectivity index (χ2n) is 5.55. The van der Waals surface area contributed by atoms with Crippen LogP contribution >= 0.6 is 0 Å². The number of fused-ring (bicyclic) bond motifs is 1. The third-order valence-corrected chi connectivity index (χ3v) is 3.80. The molecule has 0 radical (unpaired) electrons. The predicted octanol–water partition coefficient (Wildman–Crippen LogP) is 2.08. The Balaban J connectivity index is 1.49. The minimum absolute atomic E-state index is 0.499. The van der Waals surface area contributed by atoms with Crippen LogP contribution in [0.4, 0.5) is 0 Å². The Labute approximate surface area is 140 Å². The molecule has 0 spiro atoms. The van der Waals surface area contributed by atoms with Crippen molar-refractivity contribution >= 4 is 17.0 Å². The quantitative estimate of drug-likeness (QED) is 0.493. The molecule has 0 aliphatic rings. The molecule has 3 aromatic rings. The Morgan fingerprint density at radius 2 is 2.04 bits per heavy atom. The molecule has 0 unspecified atom stereocenters. The third kappa shape index (κ3) is 3.73. The number of oxazole rings is 1. The van der Waals surface area contributed by atoms with E-state index in [-0.39, 0.29) is 0 Å². The first-order chi connectivity index (χ1) is 11.7. The highest BCUT2D eigenvalue weighted by Gasteiger charge is 2.07. The van der Waals surface area contributed by atoms with Gasteiger partial charge < -0.3 is 20.0 Å². The first-order valence-electron chi connectivity index (χ1n) is 7.97. The number of guanidine groups is 1. The van der Waals surface area contributed by atoms with Crippen molar-refractivity contribution in [1.29, 1.82) is 0 Å². The van der Waals surface area contributed by atoms with Gasteiger partial charge in [0.05, 0.1) is 23.3 Å². The molecule has 0 atom stereocenters. The molecule has 7 nitrogen and oxygen atoms in total. The second-order valence-corrected chi connectivity index (χ2v) is 5.55. The molecule has 2 heterocycles. The molecule has 0 aliphatic heterocycles. The molecule has 0 saturated heterocycles. The van der Waals surface area contributed by atoms with Gasteiger partial charge in [0, 0.05) is 20.0 Å². The molecule has 0 aliphatic carbocycles. The molecule has 3 N–H and O–H groups in total. The van der Waals surface area contributed by atoms with Crippen molar-refractivity contribution < 1.29 is 4.42 Å². The summed E-state index contributed by atoms with van der Waals surface area (Å²) in [5.74, 6) is 3.17. The van der Waals surface area contributed by atoms with Crippen molar-refractivity contribution in [2.75, 3.05) is 13.6 Å². The van der Waals surface area contributed by atoms with Gasteiger partial charge in [0.25, 0.3) is 0 Å². The number of aliphatic imine (C=N–C) groups is 1. The van der Waals surface area contributed by atoms with E-state index < -0.39 is 0 Å². The zero-order chi connectivity index (χ0) is 16.9. The zero-order valence-corrected chi connectivity index (χ0v) is 14.2. The van der Waals surface area contributed by atoms with Crippen LogP contribution < -0.4 is 10.6 Å². The van der Waals surface area contributed by atoms with Crippen LogP contribution in [-0.2, 0) is 13.0 Å². The number of nitrogens with zero attached hydrogens (tertiary/aromatic N) is 3. The summed E-state index contributed by atoms with van der Waals surface area (Å²) in [6.45, 7) is 5.07. The number of hydrogen-bond acceptors (Lipinski definition) is 4. The van der Waals surface area contributed by atoms with Crippen molar-refractivity contribution in [2.45, 2.75) is 26.8 Å². The van der Waals surface area contributed by atoms with E-state index in [4.69, 9.17) is 4.42 Å². The molecule has 3 rings (SSSR count). The lowest BCUT2D eigenvalue weighted by molar-refractivity contribution is 0.463. The summed E-state index contributed by atoms with van der Waals surface area (Å²) in [7, 11) is 1.74. The highest BCUT2D eigenvalue weighted by atomic mass is 16.4. The van der Waals surface area contributed by atoms with E-state index in [0.717, 1.165) is 41.3 Å². The number of aromatic amines is 1. The summed E-state index contributed by atoms with van der Waals surface area (Å²) >= 11 is 0. The molecule has 24 heavy (non-hydrogen) atoms. The van der Waals surface area contributed by atoms with Crippen molar-refractivity contribution in [2.24, 2.45) is 4.99 Å². The van der Waals surface area contributed by atoms with Crippen LogP contribution in [-0.4, -0.2) is 34.5 Å². The van der Waals surface area contributed by atoms with Crippen LogP contribution in [0.2, 0.25) is 0 Å². The van der Waals surface area contributed by atoms with E-state index in [9.17, 15) is 0 Å². The summed E-state index contributed by atoms with van der Waals surface area (Å²) < 4.78 is 5.55. The molecule has 126 valence electrons. The minimum Gasteiger partial charge on any atom is -0.444 e. The maximum atomic E-state index is 5.55. The SMILES string of the molecule is CN=C(NCCc1nc2ccccc2[nH]1)NCc1nc(C)c(C)o1. The van der Waals surface area contributed by atoms with Gasteiger partial charge in [-0.1, -0.05) is 12.1 Å². The van der Waals surface area contributed by atoms with Gasteiger partial charge in [0.1, 0.15) is 11.6 Å². The van der Waals surface area contributed by atoms with E-state index in [0.29, 0.717) is 18.4 Å². The molecule has 0 bridgehead atoms. The molecule has 7 heteroatoms. The summed E-state index contributed by atoms with van der Waals surface area (Å²) in [6.07, 6.45) is 0.784. The highest BCUT2D eigenvalue weighted by molar-refractivity contribution is 5.79. The van der Waals surface area contributed by atoms with Crippen molar-refractivity contribution in [3.63, 3.8) is 0 Å². The first kappa shape index (κ1) is 16.0. The lowest BCUT2D eigenvalue weighted by Gasteiger charge is -2.09. The van der Waals surface area contributed by atoms with E-state index in [1.165, 1.54) is 0 Å². The lowest BCUT2D eigenvalue weighted by Crippen LogP contribution is -2.38. The standard InChI is InChI=1S/C17H22N6O/c1-11-12(2)24-16(21-11)10-20-17(18-3)19-9-8-15-22-13-6-4-5-7-14(13)23-15/h4-7H,8-10H2,1-3H3,(H,22,23)(H2,18,19,20). The van der Waals surface area contributed by atoms with Crippen molar-refractivity contribution in [3.05, 3.63) is 47.4 Å². The maximum absolute atomic E-state index is 5.55. The summed E-state index contributed by atoms with van der Waals surface area (Å²) in [5, 5.41) is 6.45. The fourth-order valence-electron chi connectivity index (χ4n) is 2.42. The largest absolute Gasteiger partial charge is 0.444 e. The fourth-order valence-corrected chi connectivity index (χ4v) is 2.42. The van der Waals surface area contributed by atoms with Gasteiger partial charge in [-0.05, 0) is 26.0 Å². The Hall–Kier alpha value is -2.83. The zero-order valence-electron chi connectivity index (χ0n) is 14.2. The van der Waals surface area contributed by atoms with Crippen LogP contribution in [0.15, 0.2) is 33.7 Å². The minimum atomic E-state index is 0.499. The maximum Gasteiger partial charge on any atom is 0.214 e. The smallest absolute Gasteiger partial charge is 0.214 e. The van der Waals surface area contributed by atoms with E-state index in [1.54, 1.807) is 7.05 Å². The van der Waals surface area contributed by atoms with Crippen LogP contribution in [0.3, 0.4) is 0 Å². The summed E-state index contributed by atoms with van der Waals surface area (Å²) in [5.41, 5.74) is 2.97. The van der Waals surface area contributed by atoms with E-state index in [2.05, 4.69) is 30.6 Å². The van der Waals surface area contributed by atoms with Crippen LogP contribution in [0.25, 0.3) is 11.0 Å². The topological polar surface area (TPSA) is 91.1 Å². The van der Waals surface area contributed by atoms with Crippen molar-refractivity contribution in [1.82, 2.24) is 25.6 Å². The average molecular weight is 326 g/mol. The lowest BCUT2D eigenvalue weighted by atomic mass is 10.3. The van der Waals surface area contributed by atoms with Gasteiger partial charge in [-0.15, -0.1) is 0 Å². The molecule has 2 aromatic heterocycles. The Bertz CT molecular complexity index is 795. The number of aromatic nitrogens is 3. The number of nitrogens with one attached hydrogen (secondary N) is 3. The van der Waals surface area contributed by atoms with Gasteiger partial charge in [-0.2, -0.15) is 0 Å². The van der Waals surface area contributed by atoms with Gasteiger partial charge in [-0.3, -0.25) is 4.99 Å². The highest BCUT2D eigenvalue weighted by Crippen LogP contribution is 2.10. The number of H-pyrrole nitrogens is 1. The Kier molecular flexibility index (Phi) is 4.79. The fraction of sp³-hybridized carbons (Fsp3) is 0.353. The summed E-state index contributed by atoms with van der Waals surface area (Å²) in [6, 6.07) is 8.02. The Morgan fingerprint density at radius 1 is 1.21 bits per heavy atom. The van der Waals surface area contributed by atoms with Crippen LogP contribution in [0.1, 0.15) is 23.2 Å². The number of aryl methyl sites for hydroxylation is 2. The number of imidazole rings is 1. The van der Waals surface area contributed by atoms with Crippen LogP contribution in [0.5, 0.6) is 0 Å². The predicted molar refractivity (Wildman–Crippen MR) is 94.0 cm³/mol. The molecule has 0 amide bonds. The van der Waals surface area contributed by atoms with Crippen LogP contribution in [0, 0.1) is 13.8 Å². The normalized spacial score (nSPS) is 11.9. The average Bonchev–Trinajstić information content (AvgIpc) is 3.13. The third-order valence-electron chi connectivity index (χ3n) is 3.80. The molecular formula is C17H22N6O. The summed E-state index contributed by atoms with van der Waals surface area (Å²) in [4.78, 5) is 16.4. The van der Waals surface area contributed by atoms with Gasteiger partial charge in [-0.25, -0.2) is 9.97 Å². The van der Waals surface area contributed by atoms with Crippen molar-refractivity contribution in [3.8, 4) is 0 Å². The van der Waals surface area contributed by atoms with Gasteiger partial charge >= 0.3 is 0 Å². The van der Waals surface area contributed by atoms with Gasteiger partial charge in [0.2, 0.25) is 5.89 Å². The molecule has 1 aromatic carbocycles. The van der Waals surface area contributed by atoms with E-state index in [1.807, 2.05) is 38.1 Å². The number of rotatable bonds is 5. The number of para-hydroxylation sites is 2. The Morgan fingerprint density at radius 3 is 2.75 bits per heavy atom. The monoisotopic (exact) mass is 326 g/mol. The molecule has 0 saturated carbocycles. The number of benzene rings is 1. The second kappa shape index (κ2) is 7.16.